The molecule has 1 heterocycles. The van der Waals surface area contributed by atoms with Crippen LogP contribution < -0.4 is 10.9 Å². The molecule has 0 saturated carbocycles. The van der Waals surface area contributed by atoms with Gasteiger partial charge in [0, 0.05) is 6.07 Å². The van der Waals surface area contributed by atoms with E-state index in [1.807, 2.05) is 0 Å². The lowest BCUT2D eigenvalue weighted by Gasteiger charge is -2.09. The fourth-order valence-corrected chi connectivity index (χ4v) is 2.63. The van der Waals surface area contributed by atoms with Gasteiger partial charge in [-0.3, -0.25) is 29.1 Å². The molecule has 0 aliphatic carbocycles. The highest BCUT2D eigenvalue weighted by Crippen LogP contribution is 2.25. The maximum Gasteiger partial charge on any atom is 0.326 e. The Balaban J connectivity index is 1.61. The second-order valence-electron chi connectivity index (χ2n) is 6.18. The third-order valence-electron chi connectivity index (χ3n) is 4.02. The number of rotatable bonds is 6. The first-order valence-corrected chi connectivity index (χ1v) is 8.50. The minimum absolute atomic E-state index is 0.00315. The molecule has 10 nitrogen and oxygen atoms in total. The number of nitro benzene ring substituents is 1. The van der Waals surface area contributed by atoms with Crippen molar-refractivity contribution in [1.82, 2.24) is 9.55 Å². The Bertz CT molecular complexity index is 1170. The molecule has 0 unspecified atom stereocenters. The molecular weight excluding hydrogens is 380 g/mol. The Morgan fingerprint density at radius 1 is 1.24 bits per heavy atom. The van der Waals surface area contributed by atoms with Gasteiger partial charge in [0.05, 0.1) is 22.2 Å². The Hall–Kier alpha value is -4.08. The van der Waals surface area contributed by atoms with Crippen LogP contribution in [-0.2, 0) is 20.9 Å². The third kappa shape index (κ3) is 4.61. The molecular formula is C19H16N4O6. The van der Waals surface area contributed by atoms with Crippen LogP contribution in [0.25, 0.3) is 10.9 Å². The summed E-state index contributed by atoms with van der Waals surface area (Å²) < 4.78 is 5.94. The van der Waals surface area contributed by atoms with Crippen molar-refractivity contribution < 1.29 is 19.2 Å². The first-order valence-electron chi connectivity index (χ1n) is 8.50. The van der Waals surface area contributed by atoms with Crippen LogP contribution in [0.5, 0.6) is 0 Å². The first-order chi connectivity index (χ1) is 13.8. The average molecular weight is 396 g/mol. The van der Waals surface area contributed by atoms with Gasteiger partial charge in [-0.2, -0.15) is 0 Å². The molecule has 3 rings (SSSR count). The van der Waals surface area contributed by atoms with Crippen LogP contribution in [0.2, 0.25) is 0 Å². The molecule has 0 spiro atoms. The zero-order valence-corrected chi connectivity index (χ0v) is 15.3. The van der Waals surface area contributed by atoms with E-state index in [0.717, 1.165) is 4.57 Å². The lowest BCUT2D eigenvalue weighted by molar-refractivity contribution is -0.384. The number of esters is 1. The Kier molecular flexibility index (Phi) is 5.63. The van der Waals surface area contributed by atoms with Crippen LogP contribution in [0.15, 0.2) is 53.6 Å². The van der Waals surface area contributed by atoms with Crippen molar-refractivity contribution in [3.05, 3.63) is 74.8 Å². The van der Waals surface area contributed by atoms with E-state index in [1.54, 1.807) is 37.3 Å². The van der Waals surface area contributed by atoms with E-state index >= 15 is 0 Å². The van der Waals surface area contributed by atoms with E-state index in [9.17, 15) is 24.5 Å². The number of carbonyl (C=O) groups is 2. The fraction of sp³-hybridized carbons (Fsp3) is 0.158. The molecule has 0 radical (unpaired) electrons. The molecule has 2 aromatic carbocycles. The highest BCUT2D eigenvalue weighted by atomic mass is 16.6. The van der Waals surface area contributed by atoms with Crippen LogP contribution in [0.3, 0.4) is 0 Å². The summed E-state index contributed by atoms with van der Waals surface area (Å²) in [4.78, 5) is 50.9. The molecule has 0 bridgehead atoms. The number of anilines is 1. The van der Waals surface area contributed by atoms with Gasteiger partial charge in [-0.05, 0) is 30.7 Å². The van der Waals surface area contributed by atoms with Crippen LogP contribution in [0, 0.1) is 17.0 Å². The van der Waals surface area contributed by atoms with E-state index in [4.69, 9.17) is 4.74 Å². The normalized spacial score (nSPS) is 10.5. The van der Waals surface area contributed by atoms with Gasteiger partial charge in [0.25, 0.3) is 17.2 Å². The van der Waals surface area contributed by atoms with Gasteiger partial charge in [-0.25, -0.2) is 4.98 Å². The number of hydrogen-bond acceptors (Lipinski definition) is 7. The average Bonchev–Trinajstić information content (AvgIpc) is 2.70. The molecule has 1 amide bonds. The summed E-state index contributed by atoms with van der Waals surface area (Å²) in [6.07, 6.45) is 1.22. The third-order valence-corrected chi connectivity index (χ3v) is 4.02. The van der Waals surface area contributed by atoms with Crippen molar-refractivity contribution in [3.63, 3.8) is 0 Å². The second kappa shape index (κ2) is 8.30. The predicted molar refractivity (Wildman–Crippen MR) is 103 cm³/mol. The van der Waals surface area contributed by atoms with E-state index in [2.05, 4.69) is 10.3 Å². The maximum absolute atomic E-state index is 12.3. The number of nitro groups is 1. The van der Waals surface area contributed by atoms with Gasteiger partial charge in [0.15, 0.2) is 6.61 Å². The van der Waals surface area contributed by atoms with Crippen LogP contribution in [0.4, 0.5) is 11.4 Å². The summed E-state index contributed by atoms with van der Waals surface area (Å²) in [6.45, 7) is 0.609. The van der Waals surface area contributed by atoms with E-state index < -0.39 is 35.5 Å². The van der Waals surface area contributed by atoms with Crippen molar-refractivity contribution >= 4 is 34.2 Å². The highest BCUT2D eigenvalue weighted by Gasteiger charge is 2.17. The lowest BCUT2D eigenvalue weighted by atomic mass is 10.2. The van der Waals surface area contributed by atoms with E-state index in [1.165, 1.54) is 18.5 Å². The minimum Gasteiger partial charge on any atom is -0.454 e. The molecule has 29 heavy (non-hydrogen) atoms. The summed E-state index contributed by atoms with van der Waals surface area (Å²) in [5.41, 5.74) is 0.485. The Morgan fingerprint density at radius 2 is 2.00 bits per heavy atom. The van der Waals surface area contributed by atoms with Crippen molar-refractivity contribution in [3.8, 4) is 0 Å². The standard InChI is InChI=1S/C19H16N4O6/c1-12-6-7-15(16(8-12)23(27)28)21-17(24)10-29-18(25)9-22-11-20-14-5-3-2-4-13(14)19(22)26/h2-8,11H,9-10H2,1H3,(H,21,24). The number of hydrogen-bond donors (Lipinski definition) is 1. The van der Waals surface area contributed by atoms with Crippen LogP contribution >= 0.6 is 0 Å². The molecule has 10 heteroatoms. The number of amides is 1. The van der Waals surface area contributed by atoms with Gasteiger partial charge in [0.2, 0.25) is 0 Å². The summed E-state index contributed by atoms with van der Waals surface area (Å²) >= 11 is 0. The Morgan fingerprint density at radius 3 is 2.76 bits per heavy atom. The van der Waals surface area contributed by atoms with Gasteiger partial charge >= 0.3 is 5.97 Å². The minimum atomic E-state index is -0.822. The van der Waals surface area contributed by atoms with Crippen molar-refractivity contribution in [2.75, 3.05) is 11.9 Å². The zero-order chi connectivity index (χ0) is 21.0. The van der Waals surface area contributed by atoms with Crippen LogP contribution in [0.1, 0.15) is 5.56 Å². The van der Waals surface area contributed by atoms with Crippen molar-refractivity contribution in [2.24, 2.45) is 0 Å². The maximum atomic E-state index is 12.3. The number of para-hydroxylation sites is 1. The largest absolute Gasteiger partial charge is 0.454 e. The summed E-state index contributed by atoms with van der Waals surface area (Å²) in [5.74, 6) is -1.56. The number of nitrogens with one attached hydrogen (secondary N) is 1. The molecule has 148 valence electrons. The van der Waals surface area contributed by atoms with E-state index in [0.29, 0.717) is 16.5 Å². The molecule has 1 N–H and O–H groups in total. The van der Waals surface area contributed by atoms with Gasteiger partial charge in [-0.1, -0.05) is 18.2 Å². The number of carbonyl (C=O) groups excluding carboxylic acids is 2. The molecule has 0 saturated heterocycles. The number of aryl methyl sites for hydroxylation is 1. The second-order valence-corrected chi connectivity index (χ2v) is 6.18. The number of nitrogens with zero attached hydrogens (tertiary/aromatic N) is 3. The highest BCUT2D eigenvalue weighted by molar-refractivity contribution is 5.94. The molecule has 3 aromatic rings. The summed E-state index contributed by atoms with van der Waals surface area (Å²) in [5, 5.41) is 13.8. The van der Waals surface area contributed by atoms with Crippen molar-refractivity contribution in [1.29, 1.82) is 0 Å². The quantitative estimate of drug-likeness (QED) is 0.381. The smallest absolute Gasteiger partial charge is 0.326 e. The topological polar surface area (TPSA) is 133 Å². The summed E-state index contributed by atoms with van der Waals surface area (Å²) in [6, 6.07) is 11.0. The molecule has 0 fully saturated rings. The summed E-state index contributed by atoms with van der Waals surface area (Å²) in [7, 11) is 0. The molecule has 0 aliphatic rings. The van der Waals surface area contributed by atoms with Crippen LogP contribution in [-0.4, -0.2) is 33.0 Å². The Labute approximate surface area is 163 Å². The number of benzene rings is 2. The van der Waals surface area contributed by atoms with Crippen molar-refractivity contribution in [2.45, 2.75) is 13.5 Å². The monoisotopic (exact) mass is 396 g/mol. The fourth-order valence-electron chi connectivity index (χ4n) is 2.63. The predicted octanol–water partition coefficient (Wildman–Crippen LogP) is 1.80. The molecule has 1 aromatic heterocycles. The zero-order valence-electron chi connectivity index (χ0n) is 15.3. The number of ether oxygens (including phenoxy) is 1. The van der Waals surface area contributed by atoms with E-state index in [-0.39, 0.29) is 11.4 Å². The van der Waals surface area contributed by atoms with Gasteiger partial charge in [-0.15, -0.1) is 0 Å². The van der Waals surface area contributed by atoms with Gasteiger partial charge in [0.1, 0.15) is 12.2 Å². The molecule has 0 aliphatic heterocycles. The number of aromatic nitrogens is 2. The number of fused-ring (bicyclic) bond motifs is 1. The lowest BCUT2D eigenvalue weighted by Crippen LogP contribution is -2.28. The SMILES string of the molecule is Cc1ccc(NC(=O)COC(=O)Cn2cnc3ccccc3c2=O)c([N+](=O)[O-])c1. The van der Waals surface area contributed by atoms with Gasteiger partial charge < -0.3 is 10.1 Å². The molecule has 0 atom stereocenters. The first kappa shape index (κ1) is 19.7.